The molecule has 2 radical (unpaired) electrons. The van der Waals surface area contributed by atoms with Gasteiger partial charge in [0.2, 0.25) is 0 Å². The Bertz CT molecular complexity index is 567. The molecule has 0 fully saturated rings. The Kier molecular flexibility index (Phi) is 5.73. The van der Waals surface area contributed by atoms with Crippen LogP contribution in [0.25, 0.3) is 0 Å². The minimum atomic E-state index is -0.376. The number of hydrogen-bond acceptors (Lipinski definition) is 2. The standard InChI is InChI=1S/C18H22O2Si/c1-13-8-7-11-18(15(13)3)21-20-17(12-14(2)19)16-9-5-4-6-10-16/h4-11,14,17,19H,12H2,1-3H3/t14-,17+/m1/s1. The molecule has 0 aliphatic carbocycles. The minimum Gasteiger partial charge on any atom is -0.404 e. The lowest BCUT2D eigenvalue weighted by Crippen LogP contribution is -2.24. The van der Waals surface area contributed by atoms with Crippen LogP contribution in [0.1, 0.15) is 36.1 Å². The van der Waals surface area contributed by atoms with Crippen molar-refractivity contribution in [2.24, 2.45) is 0 Å². The average Bonchev–Trinajstić information content (AvgIpc) is 2.48. The summed E-state index contributed by atoms with van der Waals surface area (Å²) >= 11 is 0. The molecule has 21 heavy (non-hydrogen) atoms. The second kappa shape index (κ2) is 7.55. The molecule has 0 saturated carbocycles. The third kappa shape index (κ3) is 4.53. The van der Waals surface area contributed by atoms with Crippen LogP contribution in [0.3, 0.4) is 0 Å². The third-order valence-electron chi connectivity index (χ3n) is 3.64. The van der Waals surface area contributed by atoms with Crippen molar-refractivity contribution in [2.45, 2.75) is 39.4 Å². The Morgan fingerprint density at radius 2 is 1.76 bits per heavy atom. The summed E-state index contributed by atoms with van der Waals surface area (Å²) in [6.45, 7) is 6.06. The van der Waals surface area contributed by atoms with E-state index in [4.69, 9.17) is 4.43 Å². The van der Waals surface area contributed by atoms with Crippen molar-refractivity contribution in [3.63, 3.8) is 0 Å². The highest BCUT2D eigenvalue weighted by Gasteiger charge is 2.16. The number of aryl methyl sites for hydroxylation is 1. The van der Waals surface area contributed by atoms with E-state index >= 15 is 0 Å². The fraction of sp³-hybridized carbons (Fsp3) is 0.333. The van der Waals surface area contributed by atoms with Crippen molar-refractivity contribution in [3.05, 3.63) is 65.2 Å². The summed E-state index contributed by atoms with van der Waals surface area (Å²) in [6, 6.07) is 16.4. The number of aliphatic hydroxyl groups excluding tert-OH is 1. The number of rotatable bonds is 6. The predicted octanol–water partition coefficient (Wildman–Crippen LogP) is 3.08. The maximum Gasteiger partial charge on any atom is 0.269 e. The molecule has 0 heterocycles. The smallest absolute Gasteiger partial charge is 0.269 e. The molecule has 2 rings (SSSR count). The summed E-state index contributed by atoms with van der Waals surface area (Å²) in [6.07, 6.45) is 0.171. The molecule has 2 aromatic carbocycles. The van der Waals surface area contributed by atoms with E-state index in [1.807, 2.05) is 18.2 Å². The van der Waals surface area contributed by atoms with Gasteiger partial charge in [-0.05, 0) is 42.6 Å². The van der Waals surface area contributed by atoms with Crippen LogP contribution in [0.2, 0.25) is 0 Å². The van der Waals surface area contributed by atoms with Crippen LogP contribution in [0, 0.1) is 13.8 Å². The molecular weight excluding hydrogens is 276 g/mol. The zero-order valence-electron chi connectivity index (χ0n) is 12.8. The van der Waals surface area contributed by atoms with Crippen molar-refractivity contribution < 1.29 is 9.53 Å². The zero-order chi connectivity index (χ0) is 15.2. The quantitative estimate of drug-likeness (QED) is 0.831. The molecule has 2 aromatic rings. The topological polar surface area (TPSA) is 29.5 Å². The van der Waals surface area contributed by atoms with E-state index in [2.05, 4.69) is 44.2 Å². The van der Waals surface area contributed by atoms with Gasteiger partial charge >= 0.3 is 0 Å². The summed E-state index contributed by atoms with van der Waals surface area (Å²) in [5.41, 5.74) is 3.70. The molecule has 0 aliphatic heterocycles. The van der Waals surface area contributed by atoms with Gasteiger partial charge in [0.15, 0.2) is 0 Å². The number of aliphatic hydroxyl groups is 1. The number of hydrogen-bond donors (Lipinski definition) is 1. The minimum absolute atomic E-state index is 0.0653. The van der Waals surface area contributed by atoms with E-state index in [1.54, 1.807) is 6.92 Å². The molecule has 0 amide bonds. The first kappa shape index (κ1) is 16.0. The van der Waals surface area contributed by atoms with Crippen molar-refractivity contribution in [2.75, 3.05) is 0 Å². The maximum atomic E-state index is 9.70. The molecule has 3 heteroatoms. The lowest BCUT2D eigenvalue weighted by Gasteiger charge is -2.20. The fourth-order valence-electron chi connectivity index (χ4n) is 2.23. The van der Waals surface area contributed by atoms with Gasteiger partial charge in [-0.15, -0.1) is 0 Å². The van der Waals surface area contributed by atoms with E-state index in [9.17, 15) is 5.11 Å². The van der Waals surface area contributed by atoms with Crippen molar-refractivity contribution in [1.82, 2.24) is 0 Å². The van der Waals surface area contributed by atoms with Crippen molar-refractivity contribution >= 4 is 14.9 Å². The lowest BCUT2D eigenvalue weighted by atomic mass is 10.0. The second-order valence-electron chi connectivity index (χ2n) is 5.45. The van der Waals surface area contributed by atoms with Crippen LogP contribution in [0.5, 0.6) is 0 Å². The maximum absolute atomic E-state index is 9.70. The highest BCUT2D eigenvalue weighted by molar-refractivity contribution is 6.47. The van der Waals surface area contributed by atoms with Gasteiger partial charge in [-0.25, -0.2) is 0 Å². The molecule has 0 bridgehead atoms. The highest BCUT2D eigenvalue weighted by Crippen LogP contribution is 2.22. The van der Waals surface area contributed by atoms with Crippen molar-refractivity contribution in [1.29, 1.82) is 0 Å². The normalized spacial score (nSPS) is 13.9. The Morgan fingerprint density at radius 3 is 2.43 bits per heavy atom. The van der Waals surface area contributed by atoms with Crippen LogP contribution in [-0.4, -0.2) is 21.0 Å². The first-order valence-electron chi connectivity index (χ1n) is 7.29. The van der Waals surface area contributed by atoms with Gasteiger partial charge in [-0.1, -0.05) is 48.5 Å². The highest BCUT2D eigenvalue weighted by atomic mass is 28.2. The molecule has 1 N–H and O–H groups in total. The summed E-state index contributed by atoms with van der Waals surface area (Å²) < 4.78 is 6.13. The summed E-state index contributed by atoms with van der Waals surface area (Å²) in [7, 11) is 0.294. The fourth-order valence-corrected chi connectivity index (χ4v) is 3.24. The second-order valence-corrected chi connectivity index (χ2v) is 6.43. The van der Waals surface area contributed by atoms with Gasteiger partial charge < -0.3 is 9.53 Å². The van der Waals surface area contributed by atoms with E-state index in [-0.39, 0.29) is 12.2 Å². The molecule has 2 nitrogen and oxygen atoms in total. The molecule has 2 atom stereocenters. The van der Waals surface area contributed by atoms with Gasteiger partial charge in [0.25, 0.3) is 9.76 Å². The Hall–Kier alpha value is -1.42. The molecule has 0 spiro atoms. The first-order chi connectivity index (χ1) is 10.1. The molecule has 110 valence electrons. The van der Waals surface area contributed by atoms with Crippen LogP contribution in [-0.2, 0) is 4.43 Å². The van der Waals surface area contributed by atoms with E-state index in [0.717, 1.165) is 5.56 Å². The lowest BCUT2D eigenvalue weighted by molar-refractivity contribution is 0.110. The molecular formula is C18H22O2Si. The Balaban J connectivity index is 2.11. The number of benzene rings is 2. The third-order valence-corrected chi connectivity index (χ3v) is 4.81. The molecule has 0 aliphatic rings. The predicted molar refractivity (Wildman–Crippen MR) is 87.9 cm³/mol. The van der Waals surface area contributed by atoms with E-state index in [1.165, 1.54) is 16.3 Å². The van der Waals surface area contributed by atoms with Gasteiger partial charge in [0, 0.05) is 6.42 Å². The van der Waals surface area contributed by atoms with Crippen LogP contribution in [0.4, 0.5) is 0 Å². The van der Waals surface area contributed by atoms with Gasteiger partial charge in [-0.2, -0.15) is 0 Å². The summed E-state index contributed by atoms with van der Waals surface area (Å²) in [4.78, 5) is 0. The van der Waals surface area contributed by atoms with Crippen LogP contribution >= 0.6 is 0 Å². The molecule has 0 unspecified atom stereocenters. The van der Waals surface area contributed by atoms with Gasteiger partial charge in [0.05, 0.1) is 12.2 Å². The van der Waals surface area contributed by atoms with Gasteiger partial charge in [-0.3, -0.25) is 0 Å². The Labute approximate surface area is 129 Å². The van der Waals surface area contributed by atoms with Crippen LogP contribution < -0.4 is 5.19 Å². The first-order valence-corrected chi connectivity index (χ1v) is 8.19. The summed E-state index contributed by atoms with van der Waals surface area (Å²) in [5, 5.41) is 10.9. The zero-order valence-corrected chi connectivity index (χ0v) is 13.8. The monoisotopic (exact) mass is 298 g/mol. The summed E-state index contributed by atoms with van der Waals surface area (Å²) in [5.74, 6) is 0. The average molecular weight is 298 g/mol. The Morgan fingerprint density at radius 1 is 1.05 bits per heavy atom. The van der Waals surface area contributed by atoms with E-state index < -0.39 is 0 Å². The molecule has 0 saturated heterocycles. The van der Waals surface area contributed by atoms with Crippen LogP contribution in [0.15, 0.2) is 48.5 Å². The largest absolute Gasteiger partial charge is 0.404 e. The SMILES string of the molecule is Cc1cccc([Si]O[C@@H](C[C@@H](C)O)c2ccccc2)c1C. The van der Waals surface area contributed by atoms with E-state index in [0.29, 0.717) is 16.2 Å². The van der Waals surface area contributed by atoms with Gasteiger partial charge in [0.1, 0.15) is 0 Å². The molecule has 0 aromatic heterocycles. The van der Waals surface area contributed by atoms with Crippen molar-refractivity contribution in [3.8, 4) is 0 Å².